The van der Waals surface area contributed by atoms with E-state index in [1.54, 1.807) is 24.3 Å². The van der Waals surface area contributed by atoms with Crippen LogP contribution in [0.4, 0.5) is 11.4 Å². The van der Waals surface area contributed by atoms with Gasteiger partial charge in [-0.1, -0.05) is 0 Å². The minimum atomic E-state index is -3.69. The predicted molar refractivity (Wildman–Crippen MR) is 146 cm³/mol. The molecule has 0 aromatic heterocycles. The van der Waals surface area contributed by atoms with E-state index < -0.39 is 19.1 Å². The van der Waals surface area contributed by atoms with E-state index in [0.717, 1.165) is 19.3 Å². The number of sulfonamides is 1. The van der Waals surface area contributed by atoms with Gasteiger partial charge in [0.1, 0.15) is 0 Å². The summed E-state index contributed by atoms with van der Waals surface area (Å²) in [6.07, 6.45) is 6.82. The Morgan fingerprint density at radius 1 is 0.711 bits per heavy atom. The molecule has 0 heterocycles. The summed E-state index contributed by atoms with van der Waals surface area (Å²) in [5, 5.41) is 5.16. The van der Waals surface area contributed by atoms with Gasteiger partial charge < -0.3 is 10.6 Å². The van der Waals surface area contributed by atoms with Crippen molar-refractivity contribution in [1.82, 2.24) is 4.72 Å². The van der Waals surface area contributed by atoms with E-state index >= 15 is 0 Å². The van der Waals surface area contributed by atoms with Gasteiger partial charge in [0, 0.05) is 41.4 Å². The highest BCUT2D eigenvalue weighted by molar-refractivity contribution is 8.13. The van der Waals surface area contributed by atoms with Gasteiger partial charge in [-0.25, -0.2) is 21.6 Å². The molecule has 206 valence electrons. The van der Waals surface area contributed by atoms with E-state index in [1.807, 2.05) is 0 Å². The zero-order valence-corrected chi connectivity index (χ0v) is 23.6. The number of benzene rings is 2. The number of carbonyl (C=O) groups is 2. The summed E-state index contributed by atoms with van der Waals surface area (Å²) < 4.78 is 50.5. The van der Waals surface area contributed by atoms with Crippen molar-refractivity contribution in [2.75, 3.05) is 10.6 Å². The lowest BCUT2D eigenvalue weighted by molar-refractivity contribution is -0.115. The second-order valence-electron chi connectivity index (χ2n) is 10.7. The van der Waals surface area contributed by atoms with Gasteiger partial charge in [-0.3, -0.25) is 9.59 Å². The van der Waals surface area contributed by atoms with E-state index in [2.05, 4.69) is 15.4 Å². The Labute approximate surface area is 228 Å². The molecule has 0 radical (unpaired) electrons. The first kappa shape index (κ1) is 28.5. The third-order valence-electron chi connectivity index (χ3n) is 7.33. The Bertz CT molecular complexity index is 1370. The van der Waals surface area contributed by atoms with E-state index in [-0.39, 0.29) is 27.1 Å². The highest BCUT2D eigenvalue weighted by Gasteiger charge is 2.52. The molecule has 0 spiro atoms. The van der Waals surface area contributed by atoms with Crippen LogP contribution in [0.25, 0.3) is 0 Å². The van der Waals surface area contributed by atoms with Gasteiger partial charge >= 0.3 is 0 Å². The Hall–Kier alpha value is -2.47. The van der Waals surface area contributed by atoms with Crippen LogP contribution in [0.3, 0.4) is 0 Å². The average Bonchev–Trinajstić information content (AvgIpc) is 2.77. The SMILES string of the molecule is CC(=O)Nc1ccc(S(=O)(=O)Cl)cc1.CC(=O)Nc1ccc(S(=O)(=O)NC23CC4CC(CC(C4)C2)C3)cc1. The molecule has 4 bridgehead atoms. The molecule has 4 fully saturated rings. The summed E-state index contributed by atoms with van der Waals surface area (Å²) >= 11 is 0. The smallest absolute Gasteiger partial charge is 0.261 e. The fraction of sp³-hybridized carbons (Fsp3) is 0.462. The van der Waals surface area contributed by atoms with Crippen LogP contribution >= 0.6 is 10.7 Å². The van der Waals surface area contributed by atoms with Crippen molar-refractivity contribution >= 4 is 52.9 Å². The molecule has 6 rings (SSSR count). The third kappa shape index (κ3) is 7.13. The Kier molecular flexibility index (Phi) is 8.23. The van der Waals surface area contributed by atoms with E-state index in [1.165, 1.54) is 57.4 Å². The number of nitrogens with one attached hydrogen (secondary N) is 3. The molecule has 9 nitrogen and oxygen atoms in total. The largest absolute Gasteiger partial charge is 0.326 e. The molecule has 0 unspecified atom stereocenters. The first-order chi connectivity index (χ1) is 17.7. The second kappa shape index (κ2) is 11.0. The first-order valence-corrected chi connectivity index (χ1v) is 16.3. The van der Waals surface area contributed by atoms with Gasteiger partial charge in [0.2, 0.25) is 21.8 Å². The topological polar surface area (TPSA) is 139 Å². The lowest BCUT2D eigenvalue weighted by atomic mass is 9.53. The highest BCUT2D eigenvalue weighted by Crippen LogP contribution is 2.56. The molecule has 4 saturated carbocycles. The second-order valence-corrected chi connectivity index (χ2v) is 14.9. The standard InChI is InChI=1S/C18H24N2O3S.C8H8ClNO3S/c1-12(21)19-16-2-4-17(5-3-16)24(22,23)20-18-9-13-6-14(10-18)8-15(7-13)11-18;1-6(11)10-7-2-4-8(5-3-7)14(9,12)13/h2-5,13-15,20H,6-11H2,1H3,(H,19,21);2-5H,1H3,(H,10,11). The number of carbonyl (C=O) groups excluding carboxylic acids is 2. The highest BCUT2D eigenvalue weighted by atomic mass is 35.7. The summed E-state index contributed by atoms with van der Waals surface area (Å²) in [5.41, 5.74) is 0.905. The molecule has 0 aliphatic heterocycles. The van der Waals surface area contributed by atoms with Gasteiger partial charge in [-0.15, -0.1) is 0 Å². The van der Waals surface area contributed by atoms with Crippen molar-refractivity contribution in [2.45, 2.75) is 67.7 Å². The molecule has 2 amide bonds. The molecule has 2 aromatic carbocycles. The van der Waals surface area contributed by atoms with Gasteiger partial charge in [-0.05, 0) is 105 Å². The number of rotatable bonds is 6. The minimum Gasteiger partial charge on any atom is -0.326 e. The molecule has 38 heavy (non-hydrogen) atoms. The summed E-state index contributed by atoms with van der Waals surface area (Å²) in [7, 11) is -2.12. The van der Waals surface area contributed by atoms with Crippen molar-refractivity contribution in [3.63, 3.8) is 0 Å². The quantitative estimate of drug-likeness (QED) is 0.430. The Morgan fingerprint density at radius 3 is 1.42 bits per heavy atom. The minimum absolute atomic E-state index is 0.00766. The van der Waals surface area contributed by atoms with Gasteiger partial charge in [0.15, 0.2) is 0 Å². The molecule has 2 aromatic rings. The number of anilines is 2. The van der Waals surface area contributed by atoms with Crippen LogP contribution < -0.4 is 15.4 Å². The summed E-state index contributed by atoms with van der Waals surface area (Å²) in [4.78, 5) is 22.0. The van der Waals surface area contributed by atoms with Gasteiger partial charge in [0.05, 0.1) is 9.79 Å². The summed E-state index contributed by atoms with van der Waals surface area (Å²) in [5.74, 6) is 1.70. The molecule has 4 aliphatic rings. The molecular formula is C26H32ClN3O6S2. The van der Waals surface area contributed by atoms with Crippen LogP contribution in [-0.2, 0) is 28.7 Å². The van der Waals surface area contributed by atoms with Crippen LogP contribution in [0.15, 0.2) is 58.3 Å². The number of amides is 2. The summed E-state index contributed by atoms with van der Waals surface area (Å²) in [6, 6.07) is 12.0. The van der Waals surface area contributed by atoms with Crippen LogP contribution in [0.2, 0.25) is 0 Å². The molecule has 0 atom stereocenters. The van der Waals surface area contributed by atoms with Crippen LogP contribution in [0.1, 0.15) is 52.4 Å². The van der Waals surface area contributed by atoms with Crippen LogP contribution in [-0.4, -0.2) is 34.2 Å². The number of hydrogen-bond acceptors (Lipinski definition) is 6. The monoisotopic (exact) mass is 581 g/mol. The molecular weight excluding hydrogens is 550 g/mol. The Balaban J connectivity index is 0.000000206. The maximum Gasteiger partial charge on any atom is 0.261 e. The lowest BCUT2D eigenvalue weighted by Crippen LogP contribution is -2.59. The Morgan fingerprint density at radius 2 is 1.08 bits per heavy atom. The zero-order valence-electron chi connectivity index (χ0n) is 21.2. The van der Waals surface area contributed by atoms with E-state index in [0.29, 0.717) is 29.1 Å². The zero-order chi connectivity index (χ0) is 27.7. The summed E-state index contributed by atoms with van der Waals surface area (Å²) in [6.45, 7) is 2.80. The molecule has 12 heteroatoms. The van der Waals surface area contributed by atoms with Crippen molar-refractivity contribution < 1.29 is 26.4 Å². The lowest BCUT2D eigenvalue weighted by Gasteiger charge is -2.56. The van der Waals surface area contributed by atoms with Crippen LogP contribution in [0.5, 0.6) is 0 Å². The maximum absolute atomic E-state index is 12.9. The van der Waals surface area contributed by atoms with Crippen molar-refractivity contribution in [3.8, 4) is 0 Å². The van der Waals surface area contributed by atoms with Gasteiger partial charge in [0.25, 0.3) is 9.05 Å². The van der Waals surface area contributed by atoms with E-state index in [4.69, 9.17) is 10.7 Å². The van der Waals surface area contributed by atoms with E-state index in [9.17, 15) is 26.4 Å². The van der Waals surface area contributed by atoms with Gasteiger partial charge in [-0.2, -0.15) is 0 Å². The number of hydrogen-bond donors (Lipinski definition) is 3. The molecule has 4 aliphatic carbocycles. The fourth-order valence-corrected chi connectivity index (χ4v) is 8.61. The van der Waals surface area contributed by atoms with Crippen molar-refractivity contribution in [1.29, 1.82) is 0 Å². The molecule has 3 N–H and O–H groups in total. The number of halogens is 1. The average molecular weight is 582 g/mol. The predicted octanol–water partition coefficient (Wildman–Crippen LogP) is 4.46. The van der Waals surface area contributed by atoms with Crippen molar-refractivity contribution in [3.05, 3.63) is 48.5 Å². The van der Waals surface area contributed by atoms with Crippen LogP contribution in [0, 0.1) is 17.8 Å². The fourth-order valence-electron chi connectivity index (χ4n) is 6.40. The van der Waals surface area contributed by atoms with Crippen molar-refractivity contribution in [2.24, 2.45) is 17.8 Å². The molecule has 0 saturated heterocycles. The maximum atomic E-state index is 12.9. The third-order valence-corrected chi connectivity index (χ3v) is 10.3. The normalized spacial score (nSPS) is 25.7. The first-order valence-electron chi connectivity index (χ1n) is 12.5.